The lowest BCUT2D eigenvalue weighted by Crippen LogP contribution is -2.40. The van der Waals surface area contributed by atoms with E-state index in [2.05, 4.69) is 60.7 Å². The molecule has 6 rings (SSSR count). The van der Waals surface area contributed by atoms with Crippen LogP contribution >= 0.6 is 0 Å². The second kappa shape index (κ2) is 7.50. The first-order valence-electron chi connectivity index (χ1n) is 10.8. The van der Waals surface area contributed by atoms with E-state index in [1.807, 2.05) is 41.0 Å². The quantitative estimate of drug-likeness (QED) is 0.391. The van der Waals surface area contributed by atoms with Crippen molar-refractivity contribution in [3.8, 4) is 11.6 Å². The second-order valence-electron chi connectivity index (χ2n) is 8.11. The fraction of sp³-hybridized carbons (Fsp3) is 0.0714. The molecule has 154 valence electrons. The van der Waals surface area contributed by atoms with Gasteiger partial charge in [-0.15, -0.1) is 0 Å². The molecule has 0 radical (unpaired) electrons. The van der Waals surface area contributed by atoms with Crippen molar-refractivity contribution >= 4 is 16.6 Å². The van der Waals surface area contributed by atoms with Gasteiger partial charge in [0.15, 0.2) is 0 Å². The fourth-order valence-corrected chi connectivity index (χ4v) is 4.62. The second-order valence-corrected chi connectivity index (χ2v) is 8.11. The molecule has 0 aliphatic carbocycles. The standard InChI is InChI=1S/C28H21N3O/c29-27-25-24(21-12-5-2-6-13-21)23-16-15-20-11-7-8-14-22(20)26(23)32-28(25)30-18-31(27)17-19-9-3-1-4-10-19/h1-16,18,24,29H,17H2/p+1/t24-/m1/s1. The normalized spacial score (nSPS) is 14.4. The Labute approximate surface area is 186 Å². The van der Waals surface area contributed by atoms with Crippen LogP contribution in [0.15, 0.2) is 103 Å². The summed E-state index contributed by atoms with van der Waals surface area (Å²) >= 11 is 0. The molecule has 1 aliphatic rings. The number of nitrogen functional groups attached to an aromatic ring is 1. The zero-order chi connectivity index (χ0) is 21.5. The van der Waals surface area contributed by atoms with E-state index in [1.165, 1.54) is 11.1 Å². The Morgan fingerprint density at radius 1 is 0.812 bits per heavy atom. The zero-order valence-corrected chi connectivity index (χ0v) is 17.5. The molecule has 2 N–H and O–H groups in total. The van der Waals surface area contributed by atoms with Gasteiger partial charge in [-0.1, -0.05) is 102 Å². The van der Waals surface area contributed by atoms with Crippen LogP contribution in [-0.2, 0) is 6.54 Å². The molecule has 1 aliphatic heterocycles. The van der Waals surface area contributed by atoms with Crippen molar-refractivity contribution in [3.05, 3.63) is 126 Å². The molecule has 0 saturated heterocycles. The first kappa shape index (κ1) is 18.6. The van der Waals surface area contributed by atoms with Gasteiger partial charge in [0, 0.05) is 10.9 Å². The van der Waals surface area contributed by atoms with Gasteiger partial charge in [0.25, 0.3) is 0 Å². The van der Waals surface area contributed by atoms with Gasteiger partial charge in [0.2, 0.25) is 12.1 Å². The molecule has 4 aromatic carbocycles. The number of nitrogens with two attached hydrogens (primary N) is 1. The molecule has 1 aromatic heterocycles. The summed E-state index contributed by atoms with van der Waals surface area (Å²) in [4.78, 5) is 4.72. The Morgan fingerprint density at radius 2 is 1.53 bits per heavy atom. The van der Waals surface area contributed by atoms with Crippen LogP contribution in [0.1, 0.15) is 28.2 Å². The average Bonchev–Trinajstić information content (AvgIpc) is 2.86. The molecule has 32 heavy (non-hydrogen) atoms. The molecule has 5 aromatic rings. The first-order valence-corrected chi connectivity index (χ1v) is 10.8. The lowest BCUT2D eigenvalue weighted by Gasteiger charge is -2.28. The lowest BCUT2D eigenvalue weighted by molar-refractivity contribution is -0.677. The average molecular weight is 417 g/mol. The summed E-state index contributed by atoms with van der Waals surface area (Å²) < 4.78 is 8.42. The molecule has 0 bridgehead atoms. The van der Waals surface area contributed by atoms with Crippen LogP contribution in [0, 0.1) is 0 Å². The fourth-order valence-electron chi connectivity index (χ4n) is 4.62. The number of aromatic nitrogens is 2. The Balaban J connectivity index is 1.57. The van der Waals surface area contributed by atoms with Gasteiger partial charge in [-0.25, -0.2) is 4.57 Å². The van der Waals surface area contributed by atoms with Gasteiger partial charge in [0.05, 0.1) is 12.5 Å². The highest BCUT2D eigenvalue weighted by Crippen LogP contribution is 2.50. The highest BCUT2D eigenvalue weighted by atomic mass is 16.5. The van der Waals surface area contributed by atoms with Gasteiger partial charge in [-0.2, -0.15) is 0 Å². The maximum absolute atomic E-state index is 6.79. The Kier molecular flexibility index (Phi) is 4.36. The number of anilines is 1. The Bertz CT molecular complexity index is 1430. The first-order chi connectivity index (χ1) is 15.8. The van der Waals surface area contributed by atoms with E-state index in [1.54, 1.807) is 6.33 Å². The van der Waals surface area contributed by atoms with Crippen molar-refractivity contribution in [1.82, 2.24) is 4.98 Å². The molecule has 0 amide bonds. The van der Waals surface area contributed by atoms with Crippen LogP contribution < -0.4 is 15.0 Å². The molecule has 2 heterocycles. The van der Waals surface area contributed by atoms with E-state index in [9.17, 15) is 0 Å². The number of hydrogen-bond donors (Lipinski definition) is 1. The third kappa shape index (κ3) is 3.00. The maximum atomic E-state index is 6.79. The van der Waals surface area contributed by atoms with E-state index >= 15 is 0 Å². The molecular weight excluding hydrogens is 394 g/mol. The number of benzene rings is 4. The molecule has 1 atom stereocenters. The summed E-state index contributed by atoms with van der Waals surface area (Å²) in [6.45, 7) is 0.652. The molecule has 0 saturated carbocycles. The van der Waals surface area contributed by atoms with Crippen molar-refractivity contribution in [1.29, 1.82) is 0 Å². The predicted octanol–water partition coefficient (Wildman–Crippen LogP) is 5.44. The van der Waals surface area contributed by atoms with E-state index in [4.69, 9.17) is 15.5 Å². The van der Waals surface area contributed by atoms with Gasteiger partial charge >= 0.3 is 5.88 Å². The monoisotopic (exact) mass is 416 g/mol. The summed E-state index contributed by atoms with van der Waals surface area (Å²) in [5, 5.41) is 2.22. The summed E-state index contributed by atoms with van der Waals surface area (Å²) in [6.07, 6.45) is 1.78. The van der Waals surface area contributed by atoms with Crippen molar-refractivity contribution in [2.45, 2.75) is 12.5 Å². The Morgan fingerprint density at radius 3 is 2.34 bits per heavy atom. The molecule has 4 heteroatoms. The van der Waals surface area contributed by atoms with E-state index in [-0.39, 0.29) is 5.92 Å². The van der Waals surface area contributed by atoms with E-state index < -0.39 is 0 Å². The van der Waals surface area contributed by atoms with Crippen LogP contribution in [-0.4, -0.2) is 4.98 Å². The van der Waals surface area contributed by atoms with Gasteiger partial charge in [-0.05, 0) is 16.5 Å². The van der Waals surface area contributed by atoms with Crippen LogP contribution in [0.4, 0.5) is 5.82 Å². The largest absolute Gasteiger partial charge is 0.425 e. The predicted molar refractivity (Wildman–Crippen MR) is 126 cm³/mol. The van der Waals surface area contributed by atoms with Crippen LogP contribution in [0.5, 0.6) is 11.6 Å². The van der Waals surface area contributed by atoms with E-state index in [0.717, 1.165) is 27.6 Å². The SMILES string of the molecule is Nc1c2c(nc[n+]1Cc1ccccc1)Oc1c(ccc3ccccc13)[C@H]2c1ccccc1. The van der Waals surface area contributed by atoms with Gasteiger partial charge < -0.3 is 10.5 Å². The lowest BCUT2D eigenvalue weighted by atomic mass is 9.82. The highest BCUT2D eigenvalue weighted by molar-refractivity contribution is 5.91. The number of nitrogens with zero attached hydrogens (tertiary/aromatic N) is 2. The van der Waals surface area contributed by atoms with Crippen molar-refractivity contribution < 1.29 is 9.30 Å². The summed E-state index contributed by atoms with van der Waals surface area (Å²) in [5.74, 6) is 2.04. The van der Waals surface area contributed by atoms with Crippen LogP contribution in [0.2, 0.25) is 0 Å². The van der Waals surface area contributed by atoms with E-state index in [0.29, 0.717) is 18.2 Å². The van der Waals surface area contributed by atoms with Crippen molar-refractivity contribution in [3.63, 3.8) is 0 Å². The van der Waals surface area contributed by atoms with Crippen LogP contribution in [0.25, 0.3) is 10.8 Å². The van der Waals surface area contributed by atoms with Crippen LogP contribution in [0.3, 0.4) is 0 Å². The molecule has 0 fully saturated rings. The van der Waals surface area contributed by atoms with Gasteiger partial charge in [0.1, 0.15) is 11.3 Å². The number of ether oxygens (including phenoxy) is 1. The minimum atomic E-state index is -0.0599. The zero-order valence-electron chi connectivity index (χ0n) is 17.5. The Hall–Kier alpha value is -4.18. The smallest absolute Gasteiger partial charge is 0.306 e. The summed E-state index contributed by atoms with van der Waals surface area (Å²) in [6, 6.07) is 33.3. The topological polar surface area (TPSA) is 52.0 Å². The summed E-state index contributed by atoms with van der Waals surface area (Å²) in [7, 11) is 0. The third-order valence-corrected chi connectivity index (χ3v) is 6.17. The molecular formula is C28H22N3O+. The highest BCUT2D eigenvalue weighted by Gasteiger charge is 2.36. The van der Waals surface area contributed by atoms with Crippen molar-refractivity contribution in [2.24, 2.45) is 0 Å². The number of rotatable bonds is 3. The molecule has 0 spiro atoms. The minimum Gasteiger partial charge on any atom is -0.425 e. The molecule has 4 nitrogen and oxygen atoms in total. The summed E-state index contributed by atoms with van der Waals surface area (Å²) in [5.41, 5.74) is 11.1. The number of hydrogen-bond acceptors (Lipinski definition) is 3. The number of fused-ring (bicyclic) bond motifs is 4. The van der Waals surface area contributed by atoms with Crippen molar-refractivity contribution in [2.75, 3.05) is 5.73 Å². The minimum absolute atomic E-state index is 0.0599. The maximum Gasteiger partial charge on any atom is 0.306 e. The third-order valence-electron chi connectivity index (χ3n) is 6.17. The van der Waals surface area contributed by atoms with Gasteiger partial charge in [-0.3, -0.25) is 0 Å². The molecule has 0 unspecified atom stereocenters.